The molecule has 218 valence electrons. The molecule has 0 saturated carbocycles. The van der Waals surface area contributed by atoms with Crippen molar-refractivity contribution in [3.63, 3.8) is 0 Å². The second kappa shape index (κ2) is 10.7. The Hall–Kier alpha value is -3.44. The van der Waals surface area contributed by atoms with Crippen molar-refractivity contribution in [2.75, 3.05) is 14.1 Å². The molecule has 9 nitrogen and oxygen atoms in total. The summed E-state index contributed by atoms with van der Waals surface area (Å²) in [6.07, 6.45) is 12.0. The van der Waals surface area contributed by atoms with Crippen molar-refractivity contribution in [1.29, 1.82) is 0 Å². The Kier molecular flexibility index (Phi) is 6.97. The van der Waals surface area contributed by atoms with Gasteiger partial charge in [-0.2, -0.15) is 0 Å². The SMILES string of the molecule is CN(C)/C=C1/Cc2c(sc3nc4n(c(=O)c23)CCCCC4)C1=O.O=C1CCc2c1sc1nc3n(c(=O)c21)CCCCC3. The fourth-order valence-corrected chi connectivity index (χ4v) is 9.04. The number of aryl methyl sites for hydroxylation is 3. The molecule has 0 radical (unpaired) electrons. The van der Waals surface area contributed by atoms with E-state index < -0.39 is 0 Å². The fourth-order valence-electron chi connectivity index (χ4n) is 6.66. The second-order valence-corrected chi connectivity index (χ2v) is 13.8. The van der Waals surface area contributed by atoms with Gasteiger partial charge in [0.2, 0.25) is 5.78 Å². The predicted octanol–water partition coefficient (Wildman–Crippen LogP) is 4.68. The van der Waals surface area contributed by atoms with Crippen LogP contribution in [0.1, 0.15) is 87.1 Å². The summed E-state index contributed by atoms with van der Waals surface area (Å²) < 4.78 is 3.67. The Morgan fingerprint density at radius 3 is 1.86 bits per heavy atom. The lowest BCUT2D eigenvalue weighted by Gasteiger charge is -2.09. The van der Waals surface area contributed by atoms with Crippen molar-refractivity contribution >= 4 is 54.7 Å². The molecule has 0 fully saturated rings. The van der Waals surface area contributed by atoms with E-state index in [0.717, 1.165) is 113 Å². The molecule has 6 heterocycles. The Morgan fingerprint density at radius 1 is 0.690 bits per heavy atom. The molecule has 2 aliphatic carbocycles. The third-order valence-electron chi connectivity index (χ3n) is 8.68. The van der Waals surface area contributed by atoms with Crippen LogP contribution in [-0.4, -0.2) is 49.7 Å². The smallest absolute Gasteiger partial charge is 0.262 e. The molecule has 2 aliphatic heterocycles. The van der Waals surface area contributed by atoms with Crippen LogP contribution in [0, 0.1) is 0 Å². The summed E-state index contributed by atoms with van der Waals surface area (Å²) in [5.41, 5.74) is 2.73. The molecule has 0 saturated heterocycles. The number of carbonyl (C=O) groups excluding carboxylic acids is 2. The van der Waals surface area contributed by atoms with Gasteiger partial charge < -0.3 is 4.90 Å². The predicted molar refractivity (Wildman–Crippen MR) is 165 cm³/mol. The van der Waals surface area contributed by atoms with Crippen molar-refractivity contribution in [2.24, 2.45) is 0 Å². The summed E-state index contributed by atoms with van der Waals surface area (Å²) >= 11 is 2.80. The number of nitrogens with zero attached hydrogens (tertiary/aromatic N) is 5. The number of hydrogen-bond donors (Lipinski definition) is 0. The highest BCUT2D eigenvalue weighted by Crippen LogP contribution is 2.38. The molecule has 0 amide bonds. The Bertz CT molecular complexity index is 1940. The number of Topliss-reactive ketones (excluding diaryl/α,β-unsaturated/α-hetero) is 2. The van der Waals surface area contributed by atoms with Gasteiger partial charge in [-0.05, 0) is 43.2 Å². The van der Waals surface area contributed by atoms with Crippen LogP contribution >= 0.6 is 22.7 Å². The van der Waals surface area contributed by atoms with Gasteiger partial charge in [0.1, 0.15) is 21.3 Å². The topological polar surface area (TPSA) is 107 Å². The van der Waals surface area contributed by atoms with Gasteiger partial charge in [-0.25, -0.2) is 9.97 Å². The van der Waals surface area contributed by atoms with E-state index in [4.69, 9.17) is 4.98 Å². The van der Waals surface area contributed by atoms with E-state index >= 15 is 0 Å². The Balaban J connectivity index is 0.000000139. The zero-order valence-electron chi connectivity index (χ0n) is 24.0. The van der Waals surface area contributed by atoms with E-state index in [1.807, 2.05) is 34.3 Å². The number of rotatable bonds is 1. The molecule has 4 aliphatic rings. The van der Waals surface area contributed by atoms with E-state index in [-0.39, 0.29) is 22.7 Å². The minimum absolute atomic E-state index is 0.0447. The second-order valence-electron chi connectivity index (χ2n) is 11.8. The van der Waals surface area contributed by atoms with Gasteiger partial charge in [0.25, 0.3) is 11.1 Å². The molecule has 8 rings (SSSR count). The standard InChI is InChI=1S/C17H19N3O2S.C14H14N2O2S/c1-19(2)9-10-8-11-13-16(23-15(11)14(10)21)18-12-6-4-3-5-7-20(12)17(13)22;17-9-6-5-8-11-13(19-12(8)9)15-10-4-2-1-3-7-16(10)14(11)18/h9H,3-8H2,1-2H3;1-7H2/b10-9-;. The highest BCUT2D eigenvalue weighted by molar-refractivity contribution is 7.21. The molecule has 4 aromatic rings. The lowest BCUT2D eigenvalue weighted by atomic mass is 10.1. The number of carbonyl (C=O) groups is 2. The fraction of sp³-hybridized carbons (Fsp3) is 0.484. The van der Waals surface area contributed by atoms with Gasteiger partial charge in [-0.3, -0.25) is 28.3 Å². The van der Waals surface area contributed by atoms with Crippen molar-refractivity contribution in [1.82, 2.24) is 24.0 Å². The first-order valence-electron chi connectivity index (χ1n) is 14.9. The average Bonchev–Trinajstić information content (AvgIpc) is 3.56. The molecule has 0 aromatic carbocycles. The monoisotopic (exact) mass is 603 g/mol. The molecule has 0 N–H and O–H groups in total. The van der Waals surface area contributed by atoms with Crippen molar-refractivity contribution < 1.29 is 9.59 Å². The van der Waals surface area contributed by atoms with Crippen LogP contribution in [0.2, 0.25) is 0 Å². The van der Waals surface area contributed by atoms with Gasteiger partial charge in [-0.1, -0.05) is 12.8 Å². The van der Waals surface area contributed by atoms with Crippen LogP contribution in [0.15, 0.2) is 21.4 Å². The third kappa shape index (κ3) is 4.48. The average molecular weight is 604 g/mol. The molecule has 42 heavy (non-hydrogen) atoms. The van der Waals surface area contributed by atoms with Crippen molar-refractivity contribution in [3.8, 4) is 0 Å². The van der Waals surface area contributed by atoms with E-state index in [2.05, 4.69) is 4.98 Å². The van der Waals surface area contributed by atoms with E-state index in [1.54, 1.807) is 0 Å². The first kappa shape index (κ1) is 27.4. The molecule has 0 bridgehead atoms. The summed E-state index contributed by atoms with van der Waals surface area (Å²) in [5.74, 6) is 2.02. The first-order chi connectivity index (χ1) is 20.3. The summed E-state index contributed by atoms with van der Waals surface area (Å²) in [6, 6.07) is 0. The van der Waals surface area contributed by atoms with Crippen LogP contribution in [0.3, 0.4) is 0 Å². The summed E-state index contributed by atoms with van der Waals surface area (Å²) in [6.45, 7) is 1.52. The van der Waals surface area contributed by atoms with E-state index in [1.165, 1.54) is 22.7 Å². The molecule has 0 atom stereocenters. The van der Waals surface area contributed by atoms with Gasteiger partial charge in [0.15, 0.2) is 5.78 Å². The van der Waals surface area contributed by atoms with Crippen LogP contribution in [0.4, 0.5) is 0 Å². The highest BCUT2D eigenvalue weighted by atomic mass is 32.1. The first-order valence-corrected chi connectivity index (χ1v) is 16.5. The minimum atomic E-state index is 0.0447. The highest BCUT2D eigenvalue weighted by Gasteiger charge is 2.32. The largest absolute Gasteiger partial charge is 0.383 e. The number of hydrogen-bond acceptors (Lipinski definition) is 9. The Morgan fingerprint density at radius 2 is 1.26 bits per heavy atom. The molecular formula is C31H33N5O4S2. The van der Waals surface area contributed by atoms with Crippen molar-refractivity contribution in [3.05, 3.63) is 65.0 Å². The lowest BCUT2D eigenvalue weighted by molar-refractivity contribution is 0.0996. The number of fused-ring (bicyclic) bond motifs is 8. The van der Waals surface area contributed by atoms with Gasteiger partial charge >= 0.3 is 0 Å². The molecule has 4 aromatic heterocycles. The van der Waals surface area contributed by atoms with Crippen molar-refractivity contribution in [2.45, 2.75) is 83.7 Å². The maximum atomic E-state index is 13.0. The molecule has 0 unspecified atom stereocenters. The van der Waals surface area contributed by atoms with E-state index in [9.17, 15) is 19.2 Å². The van der Waals surface area contributed by atoms with E-state index in [0.29, 0.717) is 29.5 Å². The van der Waals surface area contributed by atoms with Gasteiger partial charge in [0.05, 0.1) is 20.5 Å². The summed E-state index contributed by atoms with van der Waals surface area (Å²) in [7, 11) is 3.81. The van der Waals surface area contributed by atoms with Crippen LogP contribution < -0.4 is 11.1 Å². The van der Waals surface area contributed by atoms with Gasteiger partial charge in [0, 0.05) is 64.6 Å². The number of thiophene rings is 2. The van der Waals surface area contributed by atoms with Crippen LogP contribution in [0.25, 0.3) is 20.4 Å². The number of allylic oxidation sites excluding steroid dienone is 1. The lowest BCUT2D eigenvalue weighted by Crippen LogP contribution is -2.24. The quantitative estimate of drug-likeness (QED) is 0.291. The molecular weight excluding hydrogens is 571 g/mol. The summed E-state index contributed by atoms with van der Waals surface area (Å²) in [4.78, 5) is 64.3. The molecule has 0 spiro atoms. The maximum Gasteiger partial charge on any atom is 0.262 e. The van der Waals surface area contributed by atoms with Gasteiger partial charge in [-0.15, -0.1) is 22.7 Å². The normalized spacial score (nSPS) is 18.8. The maximum absolute atomic E-state index is 13.0. The number of ketones is 2. The molecule has 11 heteroatoms. The third-order valence-corrected chi connectivity index (χ3v) is 11.0. The zero-order valence-corrected chi connectivity index (χ0v) is 25.6. The minimum Gasteiger partial charge on any atom is -0.383 e. The Labute approximate surface area is 250 Å². The summed E-state index contributed by atoms with van der Waals surface area (Å²) in [5, 5.41) is 1.39. The van der Waals surface area contributed by atoms with Crippen LogP contribution in [-0.2, 0) is 38.8 Å². The zero-order chi connectivity index (χ0) is 29.1. The number of aromatic nitrogens is 4. The van der Waals surface area contributed by atoms with Crippen LogP contribution in [0.5, 0.6) is 0 Å².